The van der Waals surface area contributed by atoms with E-state index in [-0.39, 0.29) is 18.6 Å². The second-order valence-electron chi connectivity index (χ2n) is 7.51. The SMILES string of the molecule is CCCCCCC(C)C(O)OCC(CN1CC1)OC(=O)NCCCCC. The van der Waals surface area contributed by atoms with Gasteiger partial charge in [-0.3, -0.25) is 4.90 Å². The van der Waals surface area contributed by atoms with Gasteiger partial charge in [-0.15, -0.1) is 0 Å². The number of nitrogens with zero attached hydrogens (tertiary/aromatic N) is 1. The number of aliphatic hydroxyl groups excluding tert-OH is 1. The molecule has 0 aliphatic carbocycles. The Morgan fingerprint density at radius 3 is 2.46 bits per heavy atom. The van der Waals surface area contributed by atoms with Crippen LogP contribution in [0, 0.1) is 5.92 Å². The third kappa shape index (κ3) is 11.7. The second-order valence-corrected chi connectivity index (χ2v) is 7.51. The Labute approximate surface area is 159 Å². The minimum atomic E-state index is -0.801. The molecule has 0 bridgehead atoms. The topological polar surface area (TPSA) is 70.8 Å². The van der Waals surface area contributed by atoms with Gasteiger partial charge in [0.15, 0.2) is 6.29 Å². The van der Waals surface area contributed by atoms with E-state index in [1.54, 1.807) is 0 Å². The molecule has 6 nitrogen and oxygen atoms in total. The first-order chi connectivity index (χ1) is 12.6. The number of nitrogens with one attached hydrogen (secondary N) is 1. The highest BCUT2D eigenvalue weighted by molar-refractivity contribution is 5.67. The summed E-state index contributed by atoms with van der Waals surface area (Å²) in [7, 11) is 0. The fraction of sp³-hybridized carbons (Fsp3) is 0.950. The Kier molecular flexibility index (Phi) is 12.7. The van der Waals surface area contributed by atoms with Crippen molar-refractivity contribution < 1.29 is 19.4 Å². The summed E-state index contributed by atoms with van der Waals surface area (Å²) >= 11 is 0. The average molecular weight is 373 g/mol. The lowest BCUT2D eigenvalue weighted by Gasteiger charge is -2.23. The van der Waals surface area contributed by atoms with Crippen LogP contribution in [0.2, 0.25) is 0 Å². The molecule has 6 heteroatoms. The van der Waals surface area contributed by atoms with E-state index in [0.29, 0.717) is 13.1 Å². The van der Waals surface area contributed by atoms with Gasteiger partial charge in [0, 0.05) is 32.1 Å². The normalized spacial score (nSPS) is 17.5. The van der Waals surface area contributed by atoms with Crippen molar-refractivity contribution in [1.82, 2.24) is 10.2 Å². The van der Waals surface area contributed by atoms with Crippen LogP contribution >= 0.6 is 0 Å². The summed E-state index contributed by atoms with van der Waals surface area (Å²) in [6.07, 6.45) is 7.37. The molecule has 0 radical (unpaired) electrons. The smallest absolute Gasteiger partial charge is 0.407 e. The van der Waals surface area contributed by atoms with Crippen molar-refractivity contribution in [2.75, 3.05) is 32.8 Å². The molecule has 0 spiro atoms. The van der Waals surface area contributed by atoms with Crippen LogP contribution in [0.15, 0.2) is 0 Å². The van der Waals surface area contributed by atoms with Crippen LogP contribution < -0.4 is 5.32 Å². The molecule has 3 unspecified atom stereocenters. The third-order valence-electron chi connectivity index (χ3n) is 4.78. The third-order valence-corrected chi connectivity index (χ3v) is 4.78. The molecule has 1 saturated heterocycles. The number of alkyl carbamates (subject to hydrolysis) is 1. The Hall–Kier alpha value is -0.850. The zero-order valence-corrected chi connectivity index (χ0v) is 17.0. The highest BCUT2D eigenvalue weighted by Crippen LogP contribution is 2.16. The van der Waals surface area contributed by atoms with Gasteiger partial charge in [0.1, 0.15) is 6.10 Å². The van der Waals surface area contributed by atoms with Crippen LogP contribution in [0.3, 0.4) is 0 Å². The zero-order valence-electron chi connectivity index (χ0n) is 17.0. The number of hydrogen-bond acceptors (Lipinski definition) is 5. The van der Waals surface area contributed by atoms with E-state index in [1.807, 2.05) is 6.92 Å². The number of rotatable bonds is 16. The monoisotopic (exact) mass is 372 g/mol. The van der Waals surface area contributed by atoms with Crippen LogP contribution in [-0.4, -0.2) is 61.3 Å². The lowest BCUT2D eigenvalue weighted by molar-refractivity contribution is -0.150. The van der Waals surface area contributed by atoms with Crippen molar-refractivity contribution in [3.8, 4) is 0 Å². The minimum Gasteiger partial charge on any atom is -0.442 e. The lowest BCUT2D eigenvalue weighted by Crippen LogP contribution is -2.37. The van der Waals surface area contributed by atoms with E-state index >= 15 is 0 Å². The maximum Gasteiger partial charge on any atom is 0.407 e. The van der Waals surface area contributed by atoms with E-state index in [9.17, 15) is 9.90 Å². The van der Waals surface area contributed by atoms with Gasteiger partial charge in [-0.1, -0.05) is 59.3 Å². The summed E-state index contributed by atoms with van der Waals surface area (Å²) in [6, 6.07) is 0. The zero-order chi connectivity index (χ0) is 19.2. The molecule has 1 fully saturated rings. The summed E-state index contributed by atoms with van der Waals surface area (Å²) in [5.41, 5.74) is 0. The molecular weight excluding hydrogens is 332 g/mol. The van der Waals surface area contributed by atoms with Crippen molar-refractivity contribution >= 4 is 6.09 Å². The molecule has 1 rings (SSSR count). The molecule has 1 aliphatic rings. The number of hydrogen-bond donors (Lipinski definition) is 2. The predicted octanol–water partition coefficient (Wildman–Crippen LogP) is 3.53. The van der Waals surface area contributed by atoms with Crippen molar-refractivity contribution in [2.24, 2.45) is 5.92 Å². The summed E-state index contributed by atoms with van der Waals surface area (Å²) < 4.78 is 11.1. The summed E-state index contributed by atoms with van der Waals surface area (Å²) in [5.74, 6) is 0.0941. The first-order valence-electron chi connectivity index (χ1n) is 10.5. The highest BCUT2D eigenvalue weighted by Gasteiger charge is 2.26. The van der Waals surface area contributed by atoms with Crippen molar-refractivity contribution in [3.05, 3.63) is 0 Å². The molecule has 1 amide bonds. The Bertz CT molecular complexity index is 364. The fourth-order valence-electron chi connectivity index (χ4n) is 2.83. The maximum absolute atomic E-state index is 11.9. The van der Waals surface area contributed by atoms with Gasteiger partial charge in [-0.05, 0) is 12.8 Å². The van der Waals surface area contributed by atoms with Crippen LogP contribution in [0.25, 0.3) is 0 Å². The number of amides is 1. The number of carbonyl (C=O) groups is 1. The molecule has 2 N–H and O–H groups in total. The minimum absolute atomic E-state index is 0.0941. The van der Waals surface area contributed by atoms with Crippen molar-refractivity contribution in [1.29, 1.82) is 0 Å². The summed E-state index contributed by atoms with van der Waals surface area (Å²) in [5, 5.41) is 13.0. The van der Waals surface area contributed by atoms with E-state index in [1.165, 1.54) is 19.3 Å². The number of carbonyl (C=O) groups excluding carboxylic acids is 1. The molecule has 1 heterocycles. The van der Waals surface area contributed by atoms with Gasteiger partial charge in [-0.2, -0.15) is 0 Å². The highest BCUT2D eigenvalue weighted by atomic mass is 16.6. The first kappa shape index (κ1) is 23.2. The quantitative estimate of drug-likeness (QED) is 0.246. The van der Waals surface area contributed by atoms with Gasteiger partial charge < -0.3 is 19.9 Å². The van der Waals surface area contributed by atoms with Gasteiger partial charge in [0.25, 0.3) is 0 Å². The van der Waals surface area contributed by atoms with E-state index in [4.69, 9.17) is 9.47 Å². The van der Waals surface area contributed by atoms with Crippen LogP contribution in [0.5, 0.6) is 0 Å². The maximum atomic E-state index is 11.9. The number of ether oxygens (including phenoxy) is 2. The molecule has 1 aliphatic heterocycles. The number of unbranched alkanes of at least 4 members (excludes halogenated alkanes) is 5. The van der Waals surface area contributed by atoms with Crippen molar-refractivity contribution in [3.63, 3.8) is 0 Å². The van der Waals surface area contributed by atoms with Gasteiger partial charge in [0.2, 0.25) is 0 Å². The second kappa shape index (κ2) is 14.2. The number of aliphatic hydroxyl groups is 1. The molecule has 0 aromatic heterocycles. The lowest BCUT2D eigenvalue weighted by atomic mass is 10.0. The van der Waals surface area contributed by atoms with E-state index in [2.05, 4.69) is 24.1 Å². The molecule has 154 valence electrons. The van der Waals surface area contributed by atoms with Gasteiger partial charge >= 0.3 is 6.09 Å². The Morgan fingerprint density at radius 1 is 1.12 bits per heavy atom. The molecule has 3 atom stereocenters. The predicted molar refractivity (Wildman–Crippen MR) is 104 cm³/mol. The standard InChI is InChI=1S/C20H40N2O4/c1-4-6-8-9-11-17(3)19(23)25-16-18(15-22-13-14-22)26-20(24)21-12-10-7-5-2/h17-19,23H,4-16H2,1-3H3,(H,21,24). The fourth-order valence-corrected chi connectivity index (χ4v) is 2.83. The van der Waals surface area contributed by atoms with Crippen LogP contribution in [0.4, 0.5) is 4.79 Å². The Morgan fingerprint density at radius 2 is 1.81 bits per heavy atom. The first-order valence-corrected chi connectivity index (χ1v) is 10.5. The summed E-state index contributed by atoms with van der Waals surface area (Å²) in [4.78, 5) is 14.1. The summed E-state index contributed by atoms with van der Waals surface area (Å²) in [6.45, 7) is 9.95. The molecular formula is C20H40N2O4. The molecule has 26 heavy (non-hydrogen) atoms. The Balaban J connectivity index is 2.26. The van der Waals surface area contributed by atoms with Gasteiger partial charge in [-0.25, -0.2) is 4.79 Å². The van der Waals surface area contributed by atoms with Crippen molar-refractivity contribution in [2.45, 2.75) is 84.5 Å². The van der Waals surface area contributed by atoms with Crippen LogP contribution in [-0.2, 0) is 9.47 Å². The van der Waals surface area contributed by atoms with Crippen LogP contribution in [0.1, 0.15) is 72.1 Å². The molecule has 0 aromatic rings. The average Bonchev–Trinajstić information content (AvgIpc) is 3.44. The van der Waals surface area contributed by atoms with Gasteiger partial charge in [0.05, 0.1) is 6.61 Å². The largest absolute Gasteiger partial charge is 0.442 e. The van der Waals surface area contributed by atoms with E-state index in [0.717, 1.165) is 45.2 Å². The van der Waals surface area contributed by atoms with E-state index < -0.39 is 12.4 Å². The molecule has 0 aromatic carbocycles. The molecule has 0 saturated carbocycles.